The maximum absolute atomic E-state index is 12.8. The summed E-state index contributed by atoms with van der Waals surface area (Å²) in [5.41, 5.74) is 5.39. The van der Waals surface area contributed by atoms with Crippen molar-refractivity contribution in [3.63, 3.8) is 0 Å². The van der Waals surface area contributed by atoms with E-state index in [1.54, 1.807) is 24.3 Å². The summed E-state index contributed by atoms with van der Waals surface area (Å²) >= 11 is 0. The molecule has 0 radical (unpaired) electrons. The standard InChI is InChI=1S/C13H14F3N5/c1-21-8-9(11(20-21)13(14,15)16)7-18-12(17)19-10-5-3-2-4-6-10/h2-6,8H,7H2,1H3,(H3,17,18,19). The summed E-state index contributed by atoms with van der Waals surface area (Å²) in [4.78, 5) is 3.91. The molecule has 0 amide bonds. The molecule has 0 bridgehead atoms. The first kappa shape index (κ1) is 14.9. The Bertz CT molecular complexity index is 631. The molecule has 0 aliphatic heterocycles. The first-order valence-electron chi connectivity index (χ1n) is 6.08. The summed E-state index contributed by atoms with van der Waals surface area (Å²) in [7, 11) is 1.42. The summed E-state index contributed by atoms with van der Waals surface area (Å²) in [6.07, 6.45) is -3.23. The Labute approximate surface area is 119 Å². The second kappa shape index (κ2) is 5.86. The predicted octanol–water partition coefficient (Wildman–Crippen LogP) is 2.37. The molecule has 112 valence electrons. The molecule has 1 aromatic carbocycles. The van der Waals surface area contributed by atoms with E-state index in [1.807, 2.05) is 6.07 Å². The largest absolute Gasteiger partial charge is 0.435 e. The molecule has 0 spiro atoms. The molecule has 0 saturated carbocycles. The lowest BCUT2D eigenvalue weighted by Crippen LogP contribution is -2.22. The highest BCUT2D eigenvalue weighted by molar-refractivity contribution is 5.92. The van der Waals surface area contributed by atoms with Crippen LogP contribution in [-0.2, 0) is 19.8 Å². The minimum absolute atomic E-state index is 0.0252. The number of rotatable bonds is 3. The SMILES string of the molecule is Cn1cc(CN=C(N)Nc2ccccc2)c(C(F)(F)F)n1. The number of para-hydroxylation sites is 1. The van der Waals surface area contributed by atoms with Crippen molar-refractivity contribution < 1.29 is 13.2 Å². The number of guanidine groups is 1. The van der Waals surface area contributed by atoms with E-state index < -0.39 is 11.9 Å². The number of anilines is 1. The third-order valence-corrected chi connectivity index (χ3v) is 2.64. The number of alkyl halides is 3. The molecule has 2 rings (SSSR count). The number of aromatic nitrogens is 2. The lowest BCUT2D eigenvalue weighted by molar-refractivity contribution is -0.142. The van der Waals surface area contributed by atoms with Crippen LogP contribution in [0.5, 0.6) is 0 Å². The average Bonchev–Trinajstić information content (AvgIpc) is 2.79. The topological polar surface area (TPSA) is 68.2 Å². The van der Waals surface area contributed by atoms with Gasteiger partial charge < -0.3 is 11.1 Å². The fourth-order valence-corrected chi connectivity index (χ4v) is 1.77. The zero-order chi connectivity index (χ0) is 15.5. The molecule has 0 saturated heterocycles. The lowest BCUT2D eigenvalue weighted by atomic mass is 10.2. The van der Waals surface area contributed by atoms with Gasteiger partial charge in [0.05, 0.1) is 6.54 Å². The molecule has 3 N–H and O–H groups in total. The number of hydrogen-bond acceptors (Lipinski definition) is 2. The van der Waals surface area contributed by atoms with E-state index in [1.165, 1.54) is 13.2 Å². The van der Waals surface area contributed by atoms with E-state index in [9.17, 15) is 13.2 Å². The molecule has 0 unspecified atom stereocenters. The van der Waals surface area contributed by atoms with Crippen molar-refractivity contribution in [3.05, 3.63) is 47.8 Å². The Kier molecular flexibility index (Phi) is 4.15. The molecule has 1 aromatic heterocycles. The van der Waals surface area contributed by atoms with Gasteiger partial charge in [-0.3, -0.25) is 4.68 Å². The third-order valence-electron chi connectivity index (χ3n) is 2.64. The van der Waals surface area contributed by atoms with Crippen LogP contribution in [0, 0.1) is 0 Å². The number of aliphatic imine (C=N–C) groups is 1. The Morgan fingerprint density at radius 2 is 2.00 bits per heavy atom. The van der Waals surface area contributed by atoms with Crippen LogP contribution in [0.4, 0.5) is 18.9 Å². The van der Waals surface area contributed by atoms with Crippen molar-refractivity contribution >= 4 is 11.6 Å². The van der Waals surface area contributed by atoms with Gasteiger partial charge in [0.1, 0.15) is 0 Å². The van der Waals surface area contributed by atoms with E-state index in [-0.39, 0.29) is 18.1 Å². The van der Waals surface area contributed by atoms with E-state index >= 15 is 0 Å². The minimum atomic E-state index is -4.51. The molecule has 0 fully saturated rings. The number of nitrogens with one attached hydrogen (secondary N) is 1. The van der Waals surface area contributed by atoms with Crippen LogP contribution in [0.2, 0.25) is 0 Å². The predicted molar refractivity (Wildman–Crippen MR) is 73.6 cm³/mol. The highest BCUT2D eigenvalue weighted by atomic mass is 19.4. The highest BCUT2D eigenvalue weighted by Gasteiger charge is 2.36. The number of nitrogens with two attached hydrogens (primary N) is 1. The zero-order valence-corrected chi connectivity index (χ0v) is 11.2. The van der Waals surface area contributed by atoms with Gasteiger partial charge in [-0.2, -0.15) is 18.3 Å². The van der Waals surface area contributed by atoms with E-state index in [0.29, 0.717) is 5.69 Å². The van der Waals surface area contributed by atoms with Crippen molar-refractivity contribution in [1.29, 1.82) is 0 Å². The fourth-order valence-electron chi connectivity index (χ4n) is 1.77. The normalized spacial score (nSPS) is 12.5. The van der Waals surface area contributed by atoms with Crippen molar-refractivity contribution in [3.8, 4) is 0 Å². The van der Waals surface area contributed by atoms with Crippen LogP contribution < -0.4 is 11.1 Å². The summed E-state index contributed by atoms with van der Waals surface area (Å²) in [5, 5.41) is 6.20. The number of halogens is 3. The van der Waals surface area contributed by atoms with Crippen LogP contribution in [0.25, 0.3) is 0 Å². The van der Waals surface area contributed by atoms with Gasteiger partial charge in [-0.25, -0.2) is 4.99 Å². The van der Waals surface area contributed by atoms with Gasteiger partial charge in [0, 0.05) is 24.5 Å². The summed E-state index contributed by atoms with van der Waals surface area (Å²) in [6.45, 7) is -0.200. The maximum atomic E-state index is 12.8. The smallest absolute Gasteiger partial charge is 0.370 e. The zero-order valence-electron chi connectivity index (χ0n) is 11.2. The van der Waals surface area contributed by atoms with Gasteiger partial charge in [0.15, 0.2) is 11.7 Å². The lowest BCUT2D eigenvalue weighted by Gasteiger charge is -2.06. The number of hydrogen-bond donors (Lipinski definition) is 2. The second-order valence-electron chi connectivity index (χ2n) is 4.37. The molecular weight excluding hydrogens is 283 g/mol. The summed E-state index contributed by atoms with van der Waals surface area (Å²) in [6, 6.07) is 8.99. The van der Waals surface area contributed by atoms with Gasteiger partial charge in [-0.1, -0.05) is 18.2 Å². The number of nitrogens with zero attached hydrogens (tertiary/aromatic N) is 3. The van der Waals surface area contributed by atoms with Gasteiger partial charge >= 0.3 is 6.18 Å². The molecule has 0 atom stereocenters. The van der Waals surface area contributed by atoms with Gasteiger partial charge in [-0.15, -0.1) is 0 Å². The Hall–Kier alpha value is -2.51. The van der Waals surface area contributed by atoms with Crippen molar-refractivity contribution in [1.82, 2.24) is 9.78 Å². The van der Waals surface area contributed by atoms with Crippen LogP contribution >= 0.6 is 0 Å². The number of aryl methyl sites for hydroxylation is 1. The Balaban J connectivity index is 2.10. The maximum Gasteiger partial charge on any atom is 0.435 e. The number of benzene rings is 1. The molecular formula is C13H14F3N5. The monoisotopic (exact) mass is 297 g/mol. The fraction of sp³-hybridized carbons (Fsp3) is 0.231. The van der Waals surface area contributed by atoms with Crippen LogP contribution in [0.1, 0.15) is 11.3 Å². The third kappa shape index (κ3) is 3.98. The van der Waals surface area contributed by atoms with Crippen molar-refractivity contribution in [2.45, 2.75) is 12.7 Å². The van der Waals surface area contributed by atoms with Crippen LogP contribution in [0.15, 0.2) is 41.5 Å². The molecule has 1 heterocycles. The second-order valence-corrected chi connectivity index (χ2v) is 4.37. The first-order valence-corrected chi connectivity index (χ1v) is 6.08. The highest BCUT2D eigenvalue weighted by Crippen LogP contribution is 2.30. The quantitative estimate of drug-likeness (QED) is 0.675. The molecule has 5 nitrogen and oxygen atoms in total. The molecule has 21 heavy (non-hydrogen) atoms. The van der Waals surface area contributed by atoms with Crippen LogP contribution in [-0.4, -0.2) is 15.7 Å². The first-order chi connectivity index (χ1) is 9.86. The Morgan fingerprint density at radius 1 is 1.33 bits per heavy atom. The molecule has 2 aromatic rings. The molecule has 0 aliphatic rings. The van der Waals surface area contributed by atoms with E-state index in [4.69, 9.17) is 5.73 Å². The minimum Gasteiger partial charge on any atom is -0.370 e. The van der Waals surface area contributed by atoms with E-state index in [0.717, 1.165) is 4.68 Å². The van der Waals surface area contributed by atoms with Crippen molar-refractivity contribution in [2.24, 2.45) is 17.8 Å². The molecule has 8 heteroatoms. The Morgan fingerprint density at radius 3 is 2.62 bits per heavy atom. The summed E-state index contributed by atoms with van der Waals surface area (Å²) < 4.78 is 39.4. The van der Waals surface area contributed by atoms with Gasteiger partial charge in [0.25, 0.3) is 0 Å². The van der Waals surface area contributed by atoms with Gasteiger partial charge in [0.2, 0.25) is 0 Å². The van der Waals surface area contributed by atoms with E-state index in [2.05, 4.69) is 15.4 Å². The summed E-state index contributed by atoms with van der Waals surface area (Å²) in [5.74, 6) is 0.0400. The van der Waals surface area contributed by atoms with Crippen LogP contribution in [0.3, 0.4) is 0 Å². The van der Waals surface area contributed by atoms with Crippen molar-refractivity contribution in [2.75, 3.05) is 5.32 Å². The van der Waals surface area contributed by atoms with Gasteiger partial charge in [-0.05, 0) is 12.1 Å². The molecule has 0 aliphatic carbocycles. The average molecular weight is 297 g/mol.